The molecule has 0 spiro atoms. The highest BCUT2D eigenvalue weighted by Gasteiger charge is 2.42. The lowest BCUT2D eigenvalue weighted by molar-refractivity contribution is -0.131. The maximum atomic E-state index is 11.9. The van der Waals surface area contributed by atoms with E-state index in [0.717, 1.165) is 22.6 Å². The van der Waals surface area contributed by atoms with E-state index in [1.54, 1.807) is 62.3 Å². The number of nitrogen functional groups attached to an aromatic ring is 1. The molecular weight excluding hydrogens is 1300 g/mol. The number of amidine groups is 1. The van der Waals surface area contributed by atoms with Gasteiger partial charge in [-0.2, -0.15) is 0 Å². The summed E-state index contributed by atoms with van der Waals surface area (Å²) in [5.74, 6) is 4.53. The third kappa shape index (κ3) is 16.9. The Bertz CT molecular complexity index is 5020. The number of hydrogen-bond donors (Lipinski definition) is 9. The van der Waals surface area contributed by atoms with Crippen molar-refractivity contribution in [2.24, 2.45) is 10.7 Å². The molecule has 0 aromatic carbocycles. The van der Waals surface area contributed by atoms with Gasteiger partial charge in [0, 0.05) is 38.8 Å². The van der Waals surface area contributed by atoms with E-state index >= 15 is 0 Å². The van der Waals surface area contributed by atoms with Gasteiger partial charge >= 0.3 is 0 Å². The summed E-state index contributed by atoms with van der Waals surface area (Å²) >= 11 is 0. The Balaban J connectivity index is 0.000000151. The Kier molecular flexibility index (Phi) is 21.0. The summed E-state index contributed by atoms with van der Waals surface area (Å²) in [5.41, 5.74) is 17.1. The van der Waals surface area contributed by atoms with Crippen LogP contribution in [0.2, 0.25) is 0 Å². The summed E-state index contributed by atoms with van der Waals surface area (Å²) in [6.07, 6.45) is 16.6. The van der Waals surface area contributed by atoms with Crippen molar-refractivity contribution in [3.63, 3.8) is 0 Å². The van der Waals surface area contributed by atoms with Crippen LogP contribution in [0.15, 0.2) is 126 Å². The number of aromatic nitrogens is 20. The van der Waals surface area contributed by atoms with Crippen LogP contribution in [-0.2, 0) is 42.8 Å². The first kappa shape index (κ1) is 76.0. The van der Waals surface area contributed by atoms with Gasteiger partial charge < -0.3 is 75.4 Å². The van der Waals surface area contributed by atoms with Gasteiger partial charge in [0.25, 0.3) is 22.9 Å². The minimum absolute atomic E-state index is 0.0170. The molecule has 34 nitrogen and oxygen atoms in total. The molecule has 10 aromatic heterocycles. The quantitative estimate of drug-likeness (QED) is 0.0701. The second-order valence-corrected chi connectivity index (χ2v) is 31.1. The Morgan fingerprint density at radius 3 is 1.47 bits per heavy atom. The van der Waals surface area contributed by atoms with E-state index in [0.29, 0.717) is 91.4 Å². The number of aliphatic imine (C=N–C) groups is 1. The molecule has 0 bridgehead atoms. The molecule has 102 heavy (non-hydrogen) atoms. The summed E-state index contributed by atoms with van der Waals surface area (Å²) in [4.78, 5) is 118. The second kappa shape index (κ2) is 28.1. The molecule has 0 fully saturated rings. The summed E-state index contributed by atoms with van der Waals surface area (Å²) in [6.45, 7) is 56.0. The van der Waals surface area contributed by atoms with Crippen LogP contribution >= 0.6 is 0 Å². The molecule has 0 saturated heterocycles. The standard InChI is InChI=1S/C11H15N3O2.C10H15N5.2C10H14N4O.C9H13N5.C9H12N4O.C9H12N4/c1-6-12-9-7(10(16)13-6)5-8(15)14(9)11(2,3)4;1-6-13-8(11)7-9(14-6)15(5-12-7)10(2,3)4;2*1-6-12-8-7(9(15)13-6)11-5-14(8)10(2,3)4;1-9(2,3)14-5-13-6-7(10)11-4-12-8(6)14;1-9(2,3)13-5-12-6-7(13)10-4-11-8(6)14;1-9(2,3)13-6-12-7-4-10-5-11-8(7)13/h12H,1,5H2,2-4H3,(H,13,16);5,14H,1H2,2-4H3,(H2,11,13);5H,1-4H3,(H,12,13,15);5,12H,1H2,2-4H3,(H,13,15);4-5H,1-3H3,(H2,10,11,12);4-5H,1-3H3,(H,10,11,14);4-6H,1-3H3. The molecule has 0 radical (unpaired) electrons. The first-order valence-electron chi connectivity index (χ1n) is 32.6. The highest BCUT2D eigenvalue weighted by molar-refractivity contribution is 6.05. The second-order valence-electron chi connectivity index (χ2n) is 31.1. The van der Waals surface area contributed by atoms with E-state index in [1.165, 1.54) is 12.7 Å². The molecule has 0 saturated carbocycles. The van der Waals surface area contributed by atoms with Crippen molar-refractivity contribution in [3.8, 4) is 0 Å². The zero-order chi connectivity index (χ0) is 75.9. The number of nitrogens with one attached hydrogen (secondary N) is 7. The number of aromatic amines is 2. The highest BCUT2D eigenvalue weighted by Crippen LogP contribution is 2.33. The van der Waals surface area contributed by atoms with Gasteiger partial charge in [0.1, 0.15) is 70.1 Å². The van der Waals surface area contributed by atoms with Gasteiger partial charge in [0.05, 0.1) is 62.5 Å². The van der Waals surface area contributed by atoms with Crippen molar-refractivity contribution in [2.45, 2.75) is 198 Å². The number of nitrogens with zero attached hydrogens (tertiary/aromatic N) is 20. The van der Waals surface area contributed by atoms with Crippen LogP contribution in [0.4, 0.5) is 17.5 Å². The van der Waals surface area contributed by atoms with Gasteiger partial charge in [-0.1, -0.05) is 19.7 Å². The van der Waals surface area contributed by atoms with E-state index < -0.39 is 0 Å². The number of fused-ring (bicyclic) bond motifs is 6. The van der Waals surface area contributed by atoms with Crippen LogP contribution in [0, 0.1) is 6.92 Å². The molecule has 11 N–H and O–H groups in total. The first-order chi connectivity index (χ1) is 47.1. The normalized spacial score (nSPS) is 14.6. The molecular formula is C68H95N29O5. The van der Waals surface area contributed by atoms with Gasteiger partial charge in [-0.15, -0.1) is 0 Å². The third-order valence-corrected chi connectivity index (χ3v) is 15.4. The Morgan fingerprint density at radius 2 is 0.912 bits per heavy atom. The van der Waals surface area contributed by atoms with Crippen molar-refractivity contribution in [1.29, 1.82) is 0 Å². The maximum absolute atomic E-state index is 11.9. The summed E-state index contributed by atoms with van der Waals surface area (Å²) < 4.78 is 11.8. The number of rotatable bonds is 0. The average molecular weight is 1400 g/mol. The number of nitrogens with two attached hydrogens (primary N) is 2. The molecule has 0 aliphatic carbocycles. The predicted octanol–water partition coefficient (Wildman–Crippen LogP) is 7.73. The molecule has 4 aliphatic heterocycles. The van der Waals surface area contributed by atoms with Gasteiger partial charge in [-0.3, -0.25) is 28.9 Å². The molecule has 14 heterocycles. The number of carbonyl (C=O) groups is 3. The maximum Gasteiger partial charge on any atom is 0.279 e. The van der Waals surface area contributed by atoms with Crippen LogP contribution in [0.5, 0.6) is 0 Å². The van der Waals surface area contributed by atoms with Gasteiger partial charge in [0.2, 0.25) is 5.91 Å². The number of anilines is 3. The lowest BCUT2D eigenvalue weighted by atomic mass is 10.1. The predicted molar refractivity (Wildman–Crippen MR) is 393 cm³/mol. The lowest BCUT2D eigenvalue weighted by Gasteiger charge is -2.35. The smallest absolute Gasteiger partial charge is 0.279 e. The number of imidazole rings is 6. The molecule has 0 atom stereocenters. The first-order valence-corrected chi connectivity index (χ1v) is 32.6. The fourth-order valence-electron chi connectivity index (χ4n) is 10.5. The van der Waals surface area contributed by atoms with Crippen LogP contribution in [0.1, 0.15) is 174 Å². The van der Waals surface area contributed by atoms with E-state index in [9.17, 15) is 24.0 Å². The van der Waals surface area contributed by atoms with Gasteiger partial charge in [-0.25, -0.2) is 64.8 Å². The molecule has 0 unspecified atom stereocenters. The fourth-order valence-corrected chi connectivity index (χ4v) is 10.5. The van der Waals surface area contributed by atoms with Crippen molar-refractivity contribution in [2.75, 3.05) is 16.4 Å². The number of carbonyl (C=O) groups excluding carboxylic acids is 3. The monoisotopic (exact) mass is 1400 g/mol. The molecule has 14 rings (SSSR count). The zero-order valence-corrected chi connectivity index (χ0v) is 62.2. The van der Waals surface area contributed by atoms with Crippen LogP contribution in [-0.4, -0.2) is 131 Å². The Hall–Kier alpha value is -11.7. The molecule has 34 heteroatoms. The van der Waals surface area contributed by atoms with Crippen LogP contribution in [0.3, 0.4) is 0 Å². The number of H-pyrrole nitrogens is 2. The fraction of sp³-hybridized carbons (Fsp3) is 0.441. The van der Waals surface area contributed by atoms with E-state index in [4.69, 9.17) is 11.5 Å². The average Bonchev–Trinajstić information content (AvgIpc) is 1.63. The molecule has 542 valence electrons. The van der Waals surface area contributed by atoms with E-state index in [2.05, 4.69) is 183 Å². The molecule has 3 amide bonds. The Labute approximate surface area is 590 Å². The van der Waals surface area contributed by atoms with Crippen molar-refractivity contribution in [3.05, 3.63) is 150 Å². The lowest BCUT2D eigenvalue weighted by Crippen LogP contribution is -2.48. The minimum atomic E-state index is -0.348. The summed E-state index contributed by atoms with van der Waals surface area (Å²) in [7, 11) is 0. The van der Waals surface area contributed by atoms with Gasteiger partial charge in [0.15, 0.2) is 51.0 Å². The molecule has 10 aromatic rings. The summed E-state index contributed by atoms with van der Waals surface area (Å²) in [5, 5.41) is 14.2. The van der Waals surface area contributed by atoms with Crippen LogP contribution in [0.25, 0.3) is 44.7 Å². The van der Waals surface area contributed by atoms with Crippen molar-refractivity contribution < 1.29 is 14.4 Å². The largest absolute Gasteiger partial charge is 0.382 e. The van der Waals surface area contributed by atoms with Crippen molar-refractivity contribution in [1.82, 2.24) is 118 Å². The van der Waals surface area contributed by atoms with Crippen LogP contribution < -0.4 is 49.2 Å². The van der Waals surface area contributed by atoms with E-state index in [-0.39, 0.29) is 74.0 Å². The Morgan fingerprint density at radius 1 is 0.451 bits per heavy atom. The topological polar surface area (TPSA) is 429 Å². The number of aryl methyl sites for hydroxylation is 1. The van der Waals surface area contributed by atoms with E-state index in [1.807, 2.05) is 110 Å². The van der Waals surface area contributed by atoms with Gasteiger partial charge in [-0.05, 0) is 152 Å². The zero-order valence-electron chi connectivity index (χ0n) is 62.2. The third-order valence-electron chi connectivity index (χ3n) is 15.4. The minimum Gasteiger partial charge on any atom is -0.382 e. The summed E-state index contributed by atoms with van der Waals surface area (Å²) in [6, 6.07) is 0. The van der Waals surface area contributed by atoms with Crippen molar-refractivity contribution >= 4 is 85.7 Å². The number of hydrogen-bond acceptors (Lipinski definition) is 23. The SMILES string of the molecule is C=C1N=C(N)c2ncn(C(C)(C)C)c2N1.C=C1NC(=O)C2=C(N1)N(C(C)(C)C)C(=O)C2.C=C1NC(=O)c2ncn(C(C)(C)C)c2N1.CC(C)(C)n1cnc2c(=O)[nH]cnc21.CC(C)(C)n1cnc2c(N)ncnc21.CC(C)(C)n1cnc2cncnc21.Cc1nc2c(ncn2C(C)(C)C)c(=O)[nH]1. The molecule has 4 aliphatic rings. The number of amides is 3. The highest BCUT2D eigenvalue weighted by atomic mass is 16.2.